The first-order valence-electron chi connectivity index (χ1n) is 10.5. The van der Waals surface area contributed by atoms with Crippen LogP contribution in [0.25, 0.3) is 0 Å². The van der Waals surface area contributed by atoms with Crippen LogP contribution in [0.4, 0.5) is 0 Å². The van der Waals surface area contributed by atoms with Gasteiger partial charge in [-0.1, -0.05) is 78.4 Å². The van der Waals surface area contributed by atoms with Crippen LogP contribution in [-0.4, -0.2) is 13.1 Å². The number of nitrogens with one attached hydrogen (secondary N) is 2. The second kappa shape index (κ2) is 8.30. The van der Waals surface area contributed by atoms with Gasteiger partial charge in [-0.15, -0.1) is 0 Å². The van der Waals surface area contributed by atoms with E-state index in [9.17, 15) is 0 Å². The summed E-state index contributed by atoms with van der Waals surface area (Å²) in [5.41, 5.74) is 8.68. The molecule has 0 amide bonds. The van der Waals surface area contributed by atoms with Crippen LogP contribution >= 0.6 is 0 Å². The second-order valence-corrected chi connectivity index (χ2v) is 8.39. The zero-order valence-corrected chi connectivity index (χ0v) is 17.3. The quantitative estimate of drug-likeness (QED) is 0.682. The zero-order valence-electron chi connectivity index (χ0n) is 17.3. The molecule has 0 aromatic heterocycles. The smallest absolute Gasteiger partial charge is 0.241 e. The highest BCUT2D eigenvalue weighted by Crippen LogP contribution is 2.20. The van der Waals surface area contributed by atoms with Crippen LogP contribution in [0.3, 0.4) is 0 Å². The summed E-state index contributed by atoms with van der Waals surface area (Å²) in [6.45, 7) is 11.4. The van der Waals surface area contributed by atoms with Gasteiger partial charge < -0.3 is 0 Å². The van der Waals surface area contributed by atoms with Crippen LogP contribution < -0.4 is 9.80 Å². The maximum atomic E-state index is 2.36. The fraction of sp³-hybridized carbons (Fsp3) is 0.308. The molecule has 1 heterocycles. The fourth-order valence-corrected chi connectivity index (χ4v) is 5.05. The molecule has 1 aliphatic rings. The summed E-state index contributed by atoms with van der Waals surface area (Å²) in [7, 11) is 0. The molecule has 0 radical (unpaired) electrons. The monoisotopic (exact) mass is 372 g/mol. The largest absolute Gasteiger partial charge is 0.273 e. The first-order chi connectivity index (χ1) is 13.6. The molecular formula is C26H32N2+2. The molecule has 0 spiro atoms. The predicted octanol–water partition coefficient (Wildman–Crippen LogP) is 2.79. The van der Waals surface area contributed by atoms with E-state index >= 15 is 0 Å². The minimum Gasteiger partial charge on any atom is -0.273 e. The van der Waals surface area contributed by atoms with Gasteiger partial charge in [0.2, 0.25) is 6.17 Å². The van der Waals surface area contributed by atoms with Gasteiger partial charge in [0.1, 0.15) is 26.2 Å². The lowest BCUT2D eigenvalue weighted by atomic mass is 9.96. The molecular weight excluding hydrogens is 340 g/mol. The Kier molecular flexibility index (Phi) is 5.61. The average Bonchev–Trinajstić information content (AvgIpc) is 3.05. The van der Waals surface area contributed by atoms with E-state index in [1.165, 1.54) is 40.9 Å². The van der Waals surface area contributed by atoms with Crippen LogP contribution in [0.5, 0.6) is 0 Å². The summed E-state index contributed by atoms with van der Waals surface area (Å²) in [5.74, 6) is 0. The molecule has 144 valence electrons. The van der Waals surface area contributed by atoms with Crippen molar-refractivity contribution in [3.63, 3.8) is 0 Å². The Bertz CT molecular complexity index is 845. The Morgan fingerprint density at radius 2 is 1.11 bits per heavy atom. The molecule has 1 fully saturated rings. The maximum absolute atomic E-state index is 2.36. The van der Waals surface area contributed by atoms with E-state index in [1.54, 1.807) is 15.4 Å². The Labute approximate surface area is 169 Å². The van der Waals surface area contributed by atoms with Crippen LogP contribution in [-0.2, 0) is 13.1 Å². The standard InChI is InChI=1S/C26H30N2/c1-20-16-21(2)25(22(3)17-20)26-27(18-23-10-6-4-7-11-23)14-15-28(26)19-24-12-8-5-9-13-24/h4-13,16-17,26H,14-15,18-19H2,1-3H3/p+2. The van der Waals surface area contributed by atoms with E-state index in [4.69, 9.17) is 0 Å². The van der Waals surface area contributed by atoms with Gasteiger partial charge >= 0.3 is 0 Å². The summed E-state index contributed by atoms with van der Waals surface area (Å²) >= 11 is 0. The van der Waals surface area contributed by atoms with Crippen LogP contribution in [0, 0.1) is 20.8 Å². The Morgan fingerprint density at radius 3 is 1.54 bits per heavy atom. The van der Waals surface area contributed by atoms with Gasteiger partial charge in [-0.25, -0.2) is 0 Å². The van der Waals surface area contributed by atoms with Crippen molar-refractivity contribution in [3.8, 4) is 0 Å². The van der Waals surface area contributed by atoms with Crippen molar-refractivity contribution in [1.82, 2.24) is 0 Å². The van der Waals surface area contributed by atoms with Crippen LogP contribution in [0.1, 0.15) is 39.5 Å². The van der Waals surface area contributed by atoms with Gasteiger partial charge in [-0.05, 0) is 31.9 Å². The van der Waals surface area contributed by atoms with E-state index in [-0.39, 0.29) is 0 Å². The first-order valence-corrected chi connectivity index (χ1v) is 10.5. The molecule has 2 atom stereocenters. The van der Waals surface area contributed by atoms with Crippen molar-refractivity contribution in [2.45, 2.75) is 40.0 Å². The number of quaternary nitrogens is 2. The van der Waals surface area contributed by atoms with Gasteiger partial charge in [0.05, 0.1) is 5.56 Å². The van der Waals surface area contributed by atoms with E-state index in [1.807, 2.05) is 0 Å². The molecule has 2 nitrogen and oxygen atoms in total. The lowest BCUT2D eigenvalue weighted by Gasteiger charge is -2.27. The number of aryl methyl sites for hydroxylation is 3. The summed E-state index contributed by atoms with van der Waals surface area (Å²) in [6, 6.07) is 26.7. The Morgan fingerprint density at radius 1 is 0.679 bits per heavy atom. The molecule has 2 N–H and O–H groups in total. The van der Waals surface area contributed by atoms with Crippen molar-refractivity contribution < 1.29 is 9.80 Å². The maximum Gasteiger partial charge on any atom is 0.241 e. The van der Waals surface area contributed by atoms with Crippen LogP contribution in [0.2, 0.25) is 0 Å². The number of hydrogen-bond acceptors (Lipinski definition) is 0. The van der Waals surface area contributed by atoms with E-state index < -0.39 is 0 Å². The summed E-state index contributed by atoms with van der Waals surface area (Å²) < 4.78 is 0. The fourth-order valence-electron chi connectivity index (χ4n) is 5.05. The van der Waals surface area contributed by atoms with Gasteiger partial charge in [0.15, 0.2) is 0 Å². The van der Waals surface area contributed by atoms with E-state index in [2.05, 4.69) is 93.6 Å². The Hall–Kier alpha value is -2.42. The molecule has 3 aromatic carbocycles. The van der Waals surface area contributed by atoms with E-state index in [0.717, 1.165) is 13.1 Å². The topological polar surface area (TPSA) is 8.88 Å². The number of hydrogen-bond donors (Lipinski definition) is 2. The SMILES string of the molecule is Cc1cc(C)c(C2[NH+](Cc3ccccc3)CC[NH+]2Cc2ccccc2)c(C)c1. The molecule has 1 saturated heterocycles. The molecule has 2 heteroatoms. The highest BCUT2D eigenvalue weighted by atomic mass is 15.4. The van der Waals surface area contributed by atoms with Gasteiger partial charge in [-0.3, -0.25) is 9.80 Å². The Balaban J connectivity index is 1.69. The van der Waals surface area contributed by atoms with E-state index in [0.29, 0.717) is 6.17 Å². The third kappa shape index (κ3) is 4.04. The van der Waals surface area contributed by atoms with Crippen molar-refractivity contribution >= 4 is 0 Å². The number of benzene rings is 3. The second-order valence-electron chi connectivity index (χ2n) is 8.39. The van der Waals surface area contributed by atoms with Crippen molar-refractivity contribution in [2.75, 3.05) is 13.1 Å². The van der Waals surface area contributed by atoms with Gasteiger partial charge in [0.25, 0.3) is 0 Å². The summed E-state index contributed by atoms with van der Waals surface area (Å²) in [5, 5.41) is 0. The molecule has 0 saturated carbocycles. The normalized spacial score (nSPS) is 21.8. The average molecular weight is 373 g/mol. The minimum atomic E-state index is 0.487. The highest BCUT2D eigenvalue weighted by Gasteiger charge is 2.42. The van der Waals surface area contributed by atoms with Gasteiger partial charge in [0, 0.05) is 11.1 Å². The predicted molar refractivity (Wildman–Crippen MR) is 115 cm³/mol. The van der Waals surface area contributed by atoms with Gasteiger partial charge in [-0.2, -0.15) is 0 Å². The van der Waals surface area contributed by atoms with Crippen LogP contribution in [0.15, 0.2) is 72.8 Å². The molecule has 0 bridgehead atoms. The zero-order chi connectivity index (χ0) is 19.5. The molecule has 0 aliphatic carbocycles. The highest BCUT2D eigenvalue weighted by molar-refractivity contribution is 5.38. The molecule has 4 rings (SSSR count). The summed E-state index contributed by atoms with van der Waals surface area (Å²) in [4.78, 5) is 3.37. The number of rotatable bonds is 5. The van der Waals surface area contributed by atoms with Crippen molar-refractivity contribution in [2.24, 2.45) is 0 Å². The third-order valence-electron chi connectivity index (χ3n) is 6.16. The minimum absolute atomic E-state index is 0.487. The lowest BCUT2D eigenvalue weighted by molar-refractivity contribution is -1.09. The molecule has 3 aromatic rings. The third-order valence-corrected chi connectivity index (χ3v) is 6.16. The van der Waals surface area contributed by atoms with Crippen molar-refractivity contribution in [1.29, 1.82) is 0 Å². The molecule has 28 heavy (non-hydrogen) atoms. The lowest BCUT2D eigenvalue weighted by Crippen LogP contribution is -3.22. The molecule has 2 unspecified atom stereocenters. The first kappa shape index (κ1) is 18.9. The molecule has 1 aliphatic heterocycles. The summed E-state index contributed by atoms with van der Waals surface area (Å²) in [6.07, 6.45) is 0.487. The van der Waals surface area contributed by atoms with Crippen molar-refractivity contribution in [3.05, 3.63) is 106 Å².